The molecule has 0 spiro atoms. The van der Waals surface area contributed by atoms with Gasteiger partial charge in [0.15, 0.2) is 17.2 Å². The third-order valence-electron chi connectivity index (χ3n) is 4.63. The quantitative estimate of drug-likeness (QED) is 0.429. The van der Waals surface area contributed by atoms with Gasteiger partial charge in [-0.15, -0.1) is 0 Å². The summed E-state index contributed by atoms with van der Waals surface area (Å²) < 4.78 is 26.7. The predicted octanol–water partition coefficient (Wildman–Crippen LogP) is 3.91. The third-order valence-corrected chi connectivity index (χ3v) is 4.63. The molecule has 0 heterocycles. The van der Waals surface area contributed by atoms with Crippen molar-refractivity contribution in [1.82, 2.24) is 5.32 Å². The Morgan fingerprint density at radius 2 is 1.53 bits per heavy atom. The highest BCUT2D eigenvalue weighted by molar-refractivity contribution is 6.00. The number of hydrogen-bond donors (Lipinski definition) is 1. The largest absolute Gasteiger partial charge is 0.493 e. The molecule has 10 heteroatoms. The summed E-state index contributed by atoms with van der Waals surface area (Å²) in [4.78, 5) is 24.1. The van der Waals surface area contributed by atoms with E-state index in [1.807, 2.05) is 13.8 Å². The van der Waals surface area contributed by atoms with Crippen LogP contribution in [0.1, 0.15) is 42.7 Å². The first-order valence-corrected chi connectivity index (χ1v) is 9.81. The second-order valence-corrected chi connectivity index (χ2v) is 7.07. The summed E-state index contributed by atoms with van der Waals surface area (Å²) in [5.41, 5.74) is -0.0161. The molecule has 0 aliphatic heterocycles. The first-order valence-electron chi connectivity index (χ1n) is 9.81. The minimum Gasteiger partial charge on any atom is -0.493 e. The molecule has 174 valence electrons. The van der Waals surface area contributed by atoms with E-state index in [9.17, 15) is 14.9 Å². The second kappa shape index (κ2) is 10.6. The number of nitro groups is 1. The van der Waals surface area contributed by atoms with Crippen LogP contribution >= 0.6 is 0 Å². The molecule has 2 rings (SSSR count). The maximum atomic E-state index is 13.0. The van der Waals surface area contributed by atoms with Crippen LogP contribution in [-0.4, -0.2) is 45.4 Å². The van der Waals surface area contributed by atoms with Crippen LogP contribution in [0.2, 0.25) is 0 Å². The van der Waals surface area contributed by atoms with E-state index in [2.05, 4.69) is 5.32 Å². The topological polar surface area (TPSA) is 118 Å². The van der Waals surface area contributed by atoms with Gasteiger partial charge in [-0.25, -0.2) is 0 Å². The van der Waals surface area contributed by atoms with Crippen LogP contribution in [0.25, 0.3) is 0 Å². The highest BCUT2D eigenvalue weighted by Gasteiger charge is 2.33. The summed E-state index contributed by atoms with van der Waals surface area (Å²) >= 11 is 0. The number of amides is 1. The zero-order valence-corrected chi connectivity index (χ0v) is 19.2. The van der Waals surface area contributed by atoms with Gasteiger partial charge in [0.2, 0.25) is 11.5 Å². The van der Waals surface area contributed by atoms with Gasteiger partial charge in [0.25, 0.3) is 5.91 Å². The van der Waals surface area contributed by atoms with Gasteiger partial charge in [0, 0.05) is 6.07 Å². The summed E-state index contributed by atoms with van der Waals surface area (Å²) in [6.45, 7) is 5.56. The van der Waals surface area contributed by atoms with Crippen molar-refractivity contribution in [3.05, 3.63) is 45.5 Å². The van der Waals surface area contributed by atoms with Crippen LogP contribution in [-0.2, 0) is 0 Å². The van der Waals surface area contributed by atoms with Gasteiger partial charge >= 0.3 is 5.69 Å². The molecule has 0 aliphatic carbocycles. The number of benzene rings is 2. The van der Waals surface area contributed by atoms with Gasteiger partial charge in [0.05, 0.1) is 45.5 Å². The van der Waals surface area contributed by atoms with Crippen molar-refractivity contribution in [3.8, 4) is 28.7 Å². The molecule has 1 N–H and O–H groups in total. The molecule has 1 atom stereocenters. The van der Waals surface area contributed by atoms with Crippen LogP contribution in [0.4, 0.5) is 5.69 Å². The van der Waals surface area contributed by atoms with E-state index >= 15 is 0 Å². The van der Waals surface area contributed by atoms with Crippen molar-refractivity contribution in [1.29, 1.82) is 0 Å². The van der Waals surface area contributed by atoms with E-state index in [-0.39, 0.29) is 28.9 Å². The SMILES string of the molecule is COc1cc(C(C)NC(=O)c2cc(OC)c(OC)c(OC)c2[N+](=O)[O-])ccc1OC(C)C. The molecule has 0 aliphatic rings. The number of nitro benzene ring substituents is 1. The number of hydrogen-bond acceptors (Lipinski definition) is 8. The zero-order valence-electron chi connectivity index (χ0n) is 19.2. The molecule has 2 aromatic rings. The Bertz CT molecular complexity index is 990. The number of carbonyl (C=O) groups excluding carboxylic acids is 1. The van der Waals surface area contributed by atoms with E-state index in [4.69, 9.17) is 23.7 Å². The van der Waals surface area contributed by atoms with Crippen LogP contribution < -0.4 is 29.0 Å². The molecule has 0 radical (unpaired) electrons. The Morgan fingerprint density at radius 1 is 0.906 bits per heavy atom. The van der Waals surface area contributed by atoms with Crippen LogP contribution in [0.5, 0.6) is 28.7 Å². The van der Waals surface area contributed by atoms with E-state index in [1.54, 1.807) is 25.1 Å². The number of methoxy groups -OCH3 is 4. The molecule has 0 saturated heterocycles. The van der Waals surface area contributed by atoms with E-state index < -0.39 is 22.6 Å². The maximum absolute atomic E-state index is 13.0. The highest BCUT2D eigenvalue weighted by atomic mass is 16.6. The number of rotatable bonds is 10. The average Bonchev–Trinajstić information content (AvgIpc) is 2.76. The van der Waals surface area contributed by atoms with Gasteiger partial charge in [-0.1, -0.05) is 6.07 Å². The lowest BCUT2D eigenvalue weighted by Crippen LogP contribution is -2.27. The second-order valence-electron chi connectivity index (χ2n) is 7.07. The summed E-state index contributed by atoms with van der Waals surface area (Å²) in [7, 11) is 5.46. The smallest absolute Gasteiger partial charge is 0.327 e. The Labute approximate surface area is 186 Å². The Balaban J connectivity index is 2.43. The monoisotopic (exact) mass is 448 g/mol. The molecule has 10 nitrogen and oxygen atoms in total. The van der Waals surface area contributed by atoms with Crippen molar-refractivity contribution in [2.24, 2.45) is 0 Å². The van der Waals surface area contributed by atoms with Gasteiger partial charge in [-0.2, -0.15) is 0 Å². The average molecular weight is 448 g/mol. The molecule has 1 amide bonds. The van der Waals surface area contributed by atoms with Gasteiger partial charge in [-0.05, 0) is 38.5 Å². The fourth-order valence-electron chi connectivity index (χ4n) is 3.16. The van der Waals surface area contributed by atoms with Gasteiger partial charge < -0.3 is 29.0 Å². The number of carbonyl (C=O) groups is 1. The van der Waals surface area contributed by atoms with E-state index in [0.717, 1.165) is 5.56 Å². The molecule has 0 bridgehead atoms. The summed E-state index contributed by atoms with van der Waals surface area (Å²) in [6.07, 6.45) is -0.0348. The summed E-state index contributed by atoms with van der Waals surface area (Å²) in [5, 5.41) is 14.5. The number of ether oxygens (including phenoxy) is 5. The molecular weight excluding hydrogens is 420 g/mol. The summed E-state index contributed by atoms with van der Waals surface area (Å²) in [5.74, 6) is 0.360. The number of nitrogens with zero attached hydrogens (tertiary/aromatic N) is 1. The van der Waals surface area contributed by atoms with E-state index in [1.165, 1.54) is 34.5 Å². The fraction of sp³-hybridized carbons (Fsp3) is 0.409. The zero-order chi connectivity index (χ0) is 24.0. The van der Waals surface area contributed by atoms with Crippen LogP contribution in [0.3, 0.4) is 0 Å². The van der Waals surface area contributed by atoms with Crippen LogP contribution in [0, 0.1) is 10.1 Å². The number of nitrogens with one attached hydrogen (secondary N) is 1. The van der Waals surface area contributed by atoms with Crippen molar-refractivity contribution in [2.45, 2.75) is 32.9 Å². The lowest BCUT2D eigenvalue weighted by Gasteiger charge is -2.19. The van der Waals surface area contributed by atoms with Gasteiger partial charge in [-0.3, -0.25) is 14.9 Å². The maximum Gasteiger partial charge on any atom is 0.327 e. The lowest BCUT2D eigenvalue weighted by atomic mass is 10.1. The highest BCUT2D eigenvalue weighted by Crippen LogP contribution is 2.46. The van der Waals surface area contributed by atoms with Crippen molar-refractivity contribution >= 4 is 11.6 Å². The Hall–Kier alpha value is -3.69. The van der Waals surface area contributed by atoms with E-state index in [0.29, 0.717) is 11.5 Å². The Morgan fingerprint density at radius 3 is 2.03 bits per heavy atom. The minimum atomic E-state index is -0.693. The minimum absolute atomic E-state index is 0.0248. The molecule has 0 saturated carbocycles. The predicted molar refractivity (Wildman–Crippen MR) is 117 cm³/mol. The molecule has 0 fully saturated rings. The fourth-order valence-corrected chi connectivity index (χ4v) is 3.16. The molecule has 1 unspecified atom stereocenters. The normalized spacial score (nSPS) is 11.5. The lowest BCUT2D eigenvalue weighted by molar-refractivity contribution is -0.386. The third kappa shape index (κ3) is 5.13. The van der Waals surface area contributed by atoms with Crippen LogP contribution in [0.15, 0.2) is 24.3 Å². The molecule has 2 aromatic carbocycles. The molecular formula is C22H28N2O8. The molecule has 32 heavy (non-hydrogen) atoms. The standard InChI is InChI=1S/C22H28N2O8/c1-12(2)32-16-9-8-14(10-17(16)28-4)13(3)23-22(25)15-11-18(29-5)20(30-6)21(31-7)19(15)24(26)27/h8-13H,1-7H3,(H,23,25). The van der Waals surface area contributed by atoms with Crippen molar-refractivity contribution < 1.29 is 33.4 Å². The van der Waals surface area contributed by atoms with Crippen molar-refractivity contribution in [2.75, 3.05) is 28.4 Å². The van der Waals surface area contributed by atoms with Crippen molar-refractivity contribution in [3.63, 3.8) is 0 Å². The first-order chi connectivity index (χ1) is 15.2. The van der Waals surface area contributed by atoms with Gasteiger partial charge in [0.1, 0.15) is 5.56 Å². The molecule has 0 aromatic heterocycles. The first kappa shape index (κ1) is 24.6. The Kier molecular flexibility index (Phi) is 8.11. The summed E-state index contributed by atoms with van der Waals surface area (Å²) in [6, 6.07) is 6.03.